The van der Waals surface area contributed by atoms with Gasteiger partial charge in [-0.05, 0) is 23.6 Å². The number of benzene rings is 2. The third-order valence-corrected chi connectivity index (χ3v) is 4.20. The molecule has 0 saturated carbocycles. The summed E-state index contributed by atoms with van der Waals surface area (Å²) in [5.74, 6) is 0.897. The summed E-state index contributed by atoms with van der Waals surface area (Å²) >= 11 is 0. The van der Waals surface area contributed by atoms with Crippen molar-refractivity contribution in [1.29, 1.82) is 0 Å². The van der Waals surface area contributed by atoms with Crippen LogP contribution in [-0.4, -0.2) is 56.4 Å². The number of nitrogens with zero attached hydrogens (tertiary/aromatic N) is 2. The van der Waals surface area contributed by atoms with Gasteiger partial charge in [0.05, 0.1) is 13.7 Å². The standard InChI is InChI=1S/C17H22N2O2/c1-21-15-6-5-14-3-2-4-17(16(14)13-15)19-9-7-18(8-10-19)11-12-20/h2-6,13,20H,7-12H2,1H3. The summed E-state index contributed by atoms with van der Waals surface area (Å²) < 4.78 is 5.36. The summed E-state index contributed by atoms with van der Waals surface area (Å²) in [4.78, 5) is 4.73. The molecule has 0 aromatic heterocycles. The van der Waals surface area contributed by atoms with Crippen molar-refractivity contribution in [2.45, 2.75) is 0 Å². The predicted octanol–water partition coefficient (Wildman–Crippen LogP) is 1.96. The minimum atomic E-state index is 0.242. The lowest BCUT2D eigenvalue weighted by Gasteiger charge is -2.36. The lowest BCUT2D eigenvalue weighted by atomic mass is 10.1. The summed E-state index contributed by atoms with van der Waals surface area (Å²) in [6, 6.07) is 12.7. The van der Waals surface area contributed by atoms with E-state index >= 15 is 0 Å². The van der Waals surface area contributed by atoms with E-state index in [-0.39, 0.29) is 6.61 Å². The highest BCUT2D eigenvalue weighted by molar-refractivity contribution is 5.95. The van der Waals surface area contributed by atoms with E-state index in [9.17, 15) is 0 Å². The quantitative estimate of drug-likeness (QED) is 0.932. The average Bonchev–Trinajstić information content (AvgIpc) is 2.55. The van der Waals surface area contributed by atoms with Gasteiger partial charge >= 0.3 is 0 Å². The number of hydrogen-bond donors (Lipinski definition) is 1. The Labute approximate surface area is 125 Å². The third-order valence-electron chi connectivity index (χ3n) is 4.20. The highest BCUT2D eigenvalue weighted by atomic mass is 16.5. The number of aliphatic hydroxyl groups excluding tert-OH is 1. The van der Waals surface area contributed by atoms with Crippen LogP contribution in [0.5, 0.6) is 5.75 Å². The van der Waals surface area contributed by atoms with E-state index in [1.165, 1.54) is 16.5 Å². The molecule has 0 radical (unpaired) electrons. The summed E-state index contributed by atoms with van der Waals surface area (Å²) in [6.45, 7) is 5.01. The molecule has 0 amide bonds. The van der Waals surface area contributed by atoms with E-state index in [0.29, 0.717) is 0 Å². The first-order chi connectivity index (χ1) is 10.3. The molecule has 0 bridgehead atoms. The predicted molar refractivity (Wildman–Crippen MR) is 86.2 cm³/mol. The molecule has 2 aromatic carbocycles. The van der Waals surface area contributed by atoms with Crippen LogP contribution in [0.4, 0.5) is 5.69 Å². The normalized spacial score (nSPS) is 16.4. The Kier molecular flexibility index (Phi) is 4.27. The van der Waals surface area contributed by atoms with Gasteiger partial charge in [-0.2, -0.15) is 0 Å². The van der Waals surface area contributed by atoms with Crippen molar-refractivity contribution in [3.8, 4) is 5.75 Å². The lowest BCUT2D eigenvalue weighted by molar-refractivity contribution is 0.189. The Balaban J connectivity index is 1.87. The van der Waals surface area contributed by atoms with E-state index < -0.39 is 0 Å². The van der Waals surface area contributed by atoms with Crippen molar-refractivity contribution in [3.05, 3.63) is 36.4 Å². The van der Waals surface area contributed by atoms with E-state index in [0.717, 1.165) is 38.5 Å². The molecule has 1 aliphatic heterocycles. The van der Waals surface area contributed by atoms with Crippen LogP contribution >= 0.6 is 0 Å². The van der Waals surface area contributed by atoms with Crippen LogP contribution in [0.1, 0.15) is 0 Å². The number of fused-ring (bicyclic) bond motifs is 1. The number of aliphatic hydroxyl groups is 1. The maximum Gasteiger partial charge on any atom is 0.119 e. The monoisotopic (exact) mass is 286 g/mol. The molecule has 4 nitrogen and oxygen atoms in total. The highest BCUT2D eigenvalue weighted by Crippen LogP contribution is 2.30. The van der Waals surface area contributed by atoms with Gasteiger partial charge < -0.3 is 14.7 Å². The Hall–Kier alpha value is -1.78. The molecule has 0 spiro atoms. The van der Waals surface area contributed by atoms with Crippen molar-refractivity contribution in [2.75, 3.05) is 51.3 Å². The zero-order chi connectivity index (χ0) is 14.7. The van der Waals surface area contributed by atoms with E-state index in [1.54, 1.807) is 7.11 Å². The van der Waals surface area contributed by atoms with Gasteiger partial charge in [-0.1, -0.05) is 18.2 Å². The lowest BCUT2D eigenvalue weighted by Crippen LogP contribution is -2.47. The molecule has 1 fully saturated rings. The second-order valence-electron chi connectivity index (χ2n) is 5.42. The smallest absolute Gasteiger partial charge is 0.119 e. The molecule has 1 N–H and O–H groups in total. The SMILES string of the molecule is COc1ccc2cccc(N3CCN(CCO)CC3)c2c1. The molecule has 4 heteroatoms. The first-order valence-corrected chi connectivity index (χ1v) is 7.47. The number of piperazine rings is 1. The molecular formula is C17H22N2O2. The van der Waals surface area contributed by atoms with Gasteiger partial charge in [0.15, 0.2) is 0 Å². The number of rotatable bonds is 4. The number of methoxy groups -OCH3 is 1. The fourth-order valence-electron chi connectivity index (χ4n) is 2.99. The Morgan fingerprint density at radius 2 is 1.90 bits per heavy atom. The third kappa shape index (κ3) is 2.96. The van der Waals surface area contributed by atoms with Crippen LogP contribution in [0.2, 0.25) is 0 Å². The Morgan fingerprint density at radius 3 is 2.62 bits per heavy atom. The zero-order valence-electron chi connectivity index (χ0n) is 12.5. The van der Waals surface area contributed by atoms with Crippen LogP contribution in [-0.2, 0) is 0 Å². The Bertz CT molecular complexity index is 607. The first-order valence-electron chi connectivity index (χ1n) is 7.47. The number of ether oxygens (including phenoxy) is 1. The maximum atomic E-state index is 9.03. The molecule has 1 heterocycles. The van der Waals surface area contributed by atoms with E-state index in [4.69, 9.17) is 9.84 Å². The first kappa shape index (κ1) is 14.2. The summed E-state index contributed by atoms with van der Waals surface area (Å²) in [7, 11) is 1.71. The van der Waals surface area contributed by atoms with Gasteiger partial charge in [0, 0.05) is 43.8 Å². The van der Waals surface area contributed by atoms with Gasteiger partial charge in [-0.25, -0.2) is 0 Å². The fourth-order valence-corrected chi connectivity index (χ4v) is 2.99. The van der Waals surface area contributed by atoms with Crippen molar-refractivity contribution in [1.82, 2.24) is 4.90 Å². The van der Waals surface area contributed by atoms with Gasteiger partial charge in [-0.15, -0.1) is 0 Å². The van der Waals surface area contributed by atoms with Gasteiger partial charge in [-0.3, -0.25) is 4.90 Å². The van der Waals surface area contributed by atoms with Crippen LogP contribution in [0.15, 0.2) is 36.4 Å². The molecule has 21 heavy (non-hydrogen) atoms. The number of β-amino-alcohol motifs (C(OH)–C–C–N with tert-alkyl or cyclic N) is 1. The summed E-state index contributed by atoms with van der Waals surface area (Å²) in [5.41, 5.74) is 1.27. The molecule has 1 aliphatic rings. The largest absolute Gasteiger partial charge is 0.497 e. The van der Waals surface area contributed by atoms with Crippen molar-refractivity contribution in [2.24, 2.45) is 0 Å². The fraction of sp³-hybridized carbons (Fsp3) is 0.412. The molecule has 3 rings (SSSR count). The van der Waals surface area contributed by atoms with Crippen molar-refractivity contribution >= 4 is 16.5 Å². The molecule has 2 aromatic rings. The second-order valence-corrected chi connectivity index (χ2v) is 5.42. The molecule has 0 atom stereocenters. The molecule has 0 unspecified atom stereocenters. The second kappa shape index (κ2) is 6.33. The molecule has 1 saturated heterocycles. The average molecular weight is 286 g/mol. The number of anilines is 1. The van der Waals surface area contributed by atoms with E-state index in [2.05, 4.69) is 40.1 Å². The minimum Gasteiger partial charge on any atom is -0.497 e. The zero-order valence-corrected chi connectivity index (χ0v) is 12.5. The summed E-state index contributed by atoms with van der Waals surface area (Å²) in [6.07, 6.45) is 0. The van der Waals surface area contributed by atoms with E-state index in [1.807, 2.05) is 6.07 Å². The topological polar surface area (TPSA) is 35.9 Å². The van der Waals surface area contributed by atoms with Gasteiger partial charge in [0.25, 0.3) is 0 Å². The maximum absolute atomic E-state index is 9.03. The van der Waals surface area contributed by atoms with Gasteiger partial charge in [0.2, 0.25) is 0 Å². The van der Waals surface area contributed by atoms with Crippen LogP contribution in [0, 0.1) is 0 Å². The van der Waals surface area contributed by atoms with Gasteiger partial charge in [0.1, 0.15) is 5.75 Å². The summed E-state index contributed by atoms with van der Waals surface area (Å²) in [5, 5.41) is 11.5. The van der Waals surface area contributed by atoms with Crippen LogP contribution in [0.3, 0.4) is 0 Å². The molecular weight excluding hydrogens is 264 g/mol. The van der Waals surface area contributed by atoms with Crippen molar-refractivity contribution < 1.29 is 9.84 Å². The van der Waals surface area contributed by atoms with Crippen LogP contribution < -0.4 is 9.64 Å². The molecule has 0 aliphatic carbocycles. The van der Waals surface area contributed by atoms with Crippen LogP contribution in [0.25, 0.3) is 10.8 Å². The number of hydrogen-bond acceptors (Lipinski definition) is 4. The molecule has 112 valence electrons. The Morgan fingerprint density at radius 1 is 1.10 bits per heavy atom. The van der Waals surface area contributed by atoms with Crippen molar-refractivity contribution in [3.63, 3.8) is 0 Å². The minimum absolute atomic E-state index is 0.242. The highest BCUT2D eigenvalue weighted by Gasteiger charge is 2.18.